The number of piperidine rings is 1. The predicted molar refractivity (Wildman–Crippen MR) is 45.9 cm³/mol. The molecule has 3 atom stereocenters. The molecule has 0 spiro atoms. The van der Waals surface area contributed by atoms with Gasteiger partial charge < -0.3 is 10.4 Å². The third kappa shape index (κ3) is 0.934. The minimum Gasteiger partial charge on any atom is -0.391 e. The van der Waals surface area contributed by atoms with Crippen molar-refractivity contribution in [3.8, 4) is 0 Å². The van der Waals surface area contributed by atoms with E-state index in [1.54, 1.807) is 0 Å². The second-order valence-electron chi connectivity index (χ2n) is 4.40. The molecule has 68 valence electrons. The van der Waals surface area contributed by atoms with E-state index in [0.29, 0.717) is 12.0 Å². The molecule has 0 radical (unpaired) electrons. The molecule has 3 fully saturated rings. The number of aliphatic hydroxyl groups is 1. The molecule has 0 aromatic heterocycles. The number of likely N-dealkylation sites (tertiary alicyclic amines) is 1. The smallest absolute Gasteiger partial charge is 0.0760 e. The summed E-state index contributed by atoms with van der Waals surface area (Å²) in [5.41, 5.74) is 0. The molecular formula is C9H16N2O. The summed E-state index contributed by atoms with van der Waals surface area (Å²) in [5.74, 6) is 0.504. The number of hydrogen-bond donors (Lipinski definition) is 2. The first-order valence-corrected chi connectivity index (χ1v) is 5.01. The quantitative estimate of drug-likeness (QED) is 0.549. The normalized spacial score (nSPS) is 48.2. The summed E-state index contributed by atoms with van der Waals surface area (Å²) in [6.07, 6.45) is 2.66. The molecule has 0 aromatic carbocycles. The van der Waals surface area contributed by atoms with Crippen LogP contribution in [0.15, 0.2) is 0 Å². The Bertz CT molecular complexity index is 193. The number of rotatable bonds is 1. The van der Waals surface area contributed by atoms with E-state index in [2.05, 4.69) is 10.2 Å². The SMILES string of the molecule is OC1C2CNCC1N(C1CC1)C2. The minimum absolute atomic E-state index is 0.0492. The highest BCUT2D eigenvalue weighted by Gasteiger charge is 2.47. The summed E-state index contributed by atoms with van der Waals surface area (Å²) in [6.45, 7) is 3.14. The van der Waals surface area contributed by atoms with Crippen molar-refractivity contribution in [2.45, 2.75) is 31.0 Å². The van der Waals surface area contributed by atoms with E-state index in [1.807, 2.05) is 0 Å². The molecule has 2 bridgehead atoms. The molecule has 3 nitrogen and oxygen atoms in total. The van der Waals surface area contributed by atoms with Crippen LogP contribution in [-0.2, 0) is 0 Å². The summed E-state index contributed by atoms with van der Waals surface area (Å²) in [4.78, 5) is 2.52. The zero-order valence-corrected chi connectivity index (χ0v) is 7.24. The maximum absolute atomic E-state index is 9.87. The van der Waals surface area contributed by atoms with Gasteiger partial charge in [0.2, 0.25) is 0 Å². The molecule has 2 saturated heterocycles. The van der Waals surface area contributed by atoms with Gasteiger partial charge in [-0.2, -0.15) is 0 Å². The first-order valence-electron chi connectivity index (χ1n) is 5.01. The Morgan fingerprint density at radius 2 is 2.08 bits per heavy atom. The number of nitrogens with zero attached hydrogens (tertiary/aromatic N) is 1. The second-order valence-corrected chi connectivity index (χ2v) is 4.40. The zero-order valence-electron chi connectivity index (χ0n) is 7.24. The Hall–Kier alpha value is -0.120. The summed E-state index contributed by atoms with van der Waals surface area (Å²) in [5, 5.41) is 13.3. The Morgan fingerprint density at radius 1 is 1.25 bits per heavy atom. The molecule has 3 aliphatic rings. The highest BCUT2D eigenvalue weighted by Crippen LogP contribution is 2.36. The van der Waals surface area contributed by atoms with Crippen LogP contribution in [0, 0.1) is 5.92 Å². The molecule has 2 N–H and O–H groups in total. The summed E-state index contributed by atoms with van der Waals surface area (Å²) < 4.78 is 0. The molecular weight excluding hydrogens is 152 g/mol. The second kappa shape index (κ2) is 2.44. The molecule has 3 heteroatoms. The lowest BCUT2D eigenvalue weighted by molar-refractivity contribution is 0.0738. The summed E-state index contributed by atoms with van der Waals surface area (Å²) in [6, 6.07) is 1.24. The van der Waals surface area contributed by atoms with Gasteiger partial charge in [-0.1, -0.05) is 0 Å². The van der Waals surface area contributed by atoms with E-state index in [4.69, 9.17) is 0 Å². The number of hydrogen-bond acceptors (Lipinski definition) is 3. The average Bonchev–Trinajstić information content (AvgIpc) is 2.87. The zero-order chi connectivity index (χ0) is 8.13. The molecule has 1 aliphatic carbocycles. The molecule has 2 aliphatic heterocycles. The minimum atomic E-state index is -0.0492. The molecule has 0 amide bonds. The highest BCUT2D eigenvalue weighted by atomic mass is 16.3. The Labute approximate surface area is 72.7 Å². The van der Waals surface area contributed by atoms with Gasteiger partial charge in [0, 0.05) is 37.6 Å². The van der Waals surface area contributed by atoms with Gasteiger partial charge in [-0.25, -0.2) is 0 Å². The lowest BCUT2D eigenvalue weighted by Gasteiger charge is -2.28. The summed E-state index contributed by atoms with van der Waals surface area (Å²) in [7, 11) is 0. The van der Waals surface area contributed by atoms with Gasteiger partial charge in [0.25, 0.3) is 0 Å². The van der Waals surface area contributed by atoms with E-state index < -0.39 is 0 Å². The van der Waals surface area contributed by atoms with Gasteiger partial charge in [-0.3, -0.25) is 4.90 Å². The van der Waals surface area contributed by atoms with Crippen LogP contribution in [-0.4, -0.2) is 47.8 Å². The van der Waals surface area contributed by atoms with Crippen LogP contribution in [0.3, 0.4) is 0 Å². The predicted octanol–water partition coefficient (Wildman–Crippen LogP) is -0.587. The van der Waals surface area contributed by atoms with Crippen molar-refractivity contribution in [1.29, 1.82) is 0 Å². The van der Waals surface area contributed by atoms with Crippen molar-refractivity contribution in [1.82, 2.24) is 10.2 Å². The van der Waals surface area contributed by atoms with E-state index in [0.717, 1.165) is 25.7 Å². The molecule has 12 heavy (non-hydrogen) atoms. The first-order chi connectivity index (χ1) is 5.86. The van der Waals surface area contributed by atoms with Crippen LogP contribution in [0.2, 0.25) is 0 Å². The van der Waals surface area contributed by atoms with Crippen LogP contribution in [0.5, 0.6) is 0 Å². The van der Waals surface area contributed by atoms with Crippen molar-refractivity contribution >= 4 is 0 Å². The van der Waals surface area contributed by atoms with Crippen molar-refractivity contribution in [2.75, 3.05) is 19.6 Å². The molecule has 3 unspecified atom stereocenters. The van der Waals surface area contributed by atoms with Crippen LogP contribution in [0.1, 0.15) is 12.8 Å². The number of nitrogens with one attached hydrogen (secondary N) is 1. The van der Waals surface area contributed by atoms with Crippen molar-refractivity contribution in [2.24, 2.45) is 5.92 Å². The molecule has 2 heterocycles. The largest absolute Gasteiger partial charge is 0.391 e. The van der Waals surface area contributed by atoms with Gasteiger partial charge >= 0.3 is 0 Å². The topological polar surface area (TPSA) is 35.5 Å². The fraction of sp³-hybridized carbons (Fsp3) is 1.00. The van der Waals surface area contributed by atoms with Crippen LogP contribution < -0.4 is 5.32 Å². The molecule has 3 rings (SSSR count). The fourth-order valence-corrected chi connectivity index (χ4v) is 2.69. The van der Waals surface area contributed by atoms with Gasteiger partial charge in [-0.05, 0) is 12.8 Å². The van der Waals surface area contributed by atoms with Crippen LogP contribution in [0.25, 0.3) is 0 Å². The maximum atomic E-state index is 9.87. The van der Waals surface area contributed by atoms with Gasteiger partial charge in [-0.15, -0.1) is 0 Å². The van der Waals surface area contributed by atoms with Crippen molar-refractivity contribution in [3.63, 3.8) is 0 Å². The third-order valence-corrected chi connectivity index (χ3v) is 3.52. The fourth-order valence-electron chi connectivity index (χ4n) is 2.69. The van der Waals surface area contributed by atoms with Crippen LogP contribution in [0.4, 0.5) is 0 Å². The standard InChI is InChI=1S/C9H16N2O/c12-9-6-3-10-4-8(9)11(5-6)7-1-2-7/h6-10,12H,1-5H2. The number of fused-ring (bicyclic) bond motifs is 2. The van der Waals surface area contributed by atoms with Crippen LogP contribution >= 0.6 is 0 Å². The van der Waals surface area contributed by atoms with E-state index in [9.17, 15) is 5.11 Å². The summed E-state index contributed by atoms with van der Waals surface area (Å²) >= 11 is 0. The Balaban J connectivity index is 1.80. The van der Waals surface area contributed by atoms with Gasteiger partial charge in [0.15, 0.2) is 0 Å². The Kier molecular flexibility index (Phi) is 1.48. The number of aliphatic hydroxyl groups excluding tert-OH is 1. The third-order valence-electron chi connectivity index (χ3n) is 3.52. The van der Waals surface area contributed by atoms with Gasteiger partial charge in [0.1, 0.15) is 0 Å². The lowest BCUT2D eigenvalue weighted by Crippen LogP contribution is -2.48. The first kappa shape index (κ1) is 7.30. The average molecular weight is 168 g/mol. The highest BCUT2D eigenvalue weighted by molar-refractivity contribution is 5.03. The van der Waals surface area contributed by atoms with Crippen molar-refractivity contribution < 1.29 is 5.11 Å². The Morgan fingerprint density at radius 3 is 2.75 bits per heavy atom. The van der Waals surface area contributed by atoms with E-state index >= 15 is 0 Å². The van der Waals surface area contributed by atoms with E-state index in [1.165, 1.54) is 12.8 Å². The molecule has 1 saturated carbocycles. The van der Waals surface area contributed by atoms with Crippen molar-refractivity contribution in [3.05, 3.63) is 0 Å². The molecule has 0 aromatic rings. The maximum Gasteiger partial charge on any atom is 0.0760 e. The van der Waals surface area contributed by atoms with Gasteiger partial charge in [0.05, 0.1) is 6.10 Å². The van der Waals surface area contributed by atoms with E-state index in [-0.39, 0.29) is 6.10 Å². The monoisotopic (exact) mass is 168 g/mol. The lowest BCUT2D eigenvalue weighted by atomic mass is 9.98.